The van der Waals surface area contributed by atoms with E-state index in [9.17, 15) is 4.79 Å². The first-order valence-electron chi connectivity index (χ1n) is 4.35. The number of carboxylic acid groups (broad SMARTS) is 1. The Hall–Kier alpha value is -1.82. The van der Waals surface area contributed by atoms with E-state index in [1.807, 2.05) is 6.92 Å². The fourth-order valence-corrected chi connectivity index (χ4v) is 1.18. The van der Waals surface area contributed by atoms with E-state index in [1.165, 1.54) is 0 Å². The summed E-state index contributed by atoms with van der Waals surface area (Å²) in [5, 5.41) is 17.2. The summed E-state index contributed by atoms with van der Waals surface area (Å²) in [5.74, 6) is -0.962. The van der Waals surface area contributed by atoms with Gasteiger partial charge in [0, 0.05) is 5.92 Å². The smallest absolute Gasteiger partial charge is 0.335 e. The predicted octanol–water partition coefficient (Wildman–Crippen LogP) is 2.09. The van der Waals surface area contributed by atoms with Gasteiger partial charge in [0.15, 0.2) is 0 Å². The first-order chi connectivity index (χ1) is 6.63. The van der Waals surface area contributed by atoms with Crippen molar-refractivity contribution in [3.63, 3.8) is 0 Å². The van der Waals surface area contributed by atoms with Crippen molar-refractivity contribution in [2.45, 2.75) is 13.3 Å². The van der Waals surface area contributed by atoms with Gasteiger partial charge in [-0.3, -0.25) is 0 Å². The van der Waals surface area contributed by atoms with Crippen LogP contribution in [0, 0.1) is 17.2 Å². The predicted molar refractivity (Wildman–Crippen MR) is 51.9 cm³/mol. The molecule has 0 spiro atoms. The number of aromatic carboxylic acids is 1. The van der Waals surface area contributed by atoms with Gasteiger partial charge < -0.3 is 5.11 Å². The fraction of sp³-hybridized carbons (Fsp3) is 0.273. The first kappa shape index (κ1) is 10.3. The van der Waals surface area contributed by atoms with E-state index in [4.69, 9.17) is 10.4 Å². The van der Waals surface area contributed by atoms with E-state index >= 15 is 0 Å². The second kappa shape index (κ2) is 4.43. The third-order valence-corrected chi connectivity index (χ3v) is 1.96. The maximum atomic E-state index is 10.5. The van der Waals surface area contributed by atoms with E-state index in [1.54, 1.807) is 24.3 Å². The van der Waals surface area contributed by atoms with Crippen LogP contribution >= 0.6 is 0 Å². The van der Waals surface area contributed by atoms with Crippen LogP contribution in [-0.4, -0.2) is 11.1 Å². The molecule has 0 amide bonds. The average Bonchev–Trinajstić information content (AvgIpc) is 2.18. The number of hydrogen-bond acceptors (Lipinski definition) is 2. The van der Waals surface area contributed by atoms with Gasteiger partial charge in [-0.2, -0.15) is 5.26 Å². The van der Waals surface area contributed by atoms with Crippen LogP contribution in [0.25, 0.3) is 0 Å². The Balaban J connectivity index is 2.75. The molecule has 0 heterocycles. The number of carbonyl (C=O) groups is 1. The van der Waals surface area contributed by atoms with Gasteiger partial charge in [-0.05, 0) is 31.0 Å². The minimum atomic E-state index is -0.926. The van der Waals surface area contributed by atoms with E-state index < -0.39 is 5.97 Å². The molecule has 0 fully saturated rings. The largest absolute Gasteiger partial charge is 0.478 e. The van der Waals surface area contributed by atoms with Crippen molar-refractivity contribution >= 4 is 5.97 Å². The molecule has 0 aromatic heterocycles. The van der Waals surface area contributed by atoms with Gasteiger partial charge in [-0.15, -0.1) is 0 Å². The van der Waals surface area contributed by atoms with Crippen LogP contribution in [0.4, 0.5) is 0 Å². The lowest BCUT2D eigenvalue weighted by Gasteiger charge is -2.02. The van der Waals surface area contributed by atoms with Crippen LogP contribution in [0.5, 0.6) is 0 Å². The Kier molecular flexibility index (Phi) is 3.24. The normalized spacial score (nSPS) is 11.7. The molecule has 0 aliphatic heterocycles. The number of nitriles is 1. The highest BCUT2D eigenvalue weighted by Crippen LogP contribution is 2.09. The van der Waals surface area contributed by atoms with E-state index in [0.717, 1.165) is 5.56 Å². The van der Waals surface area contributed by atoms with Crippen molar-refractivity contribution < 1.29 is 9.90 Å². The van der Waals surface area contributed by atoms with Crippen molar-refractivity contribution in [1.29, 1.82) is 5.26 Å². The number of benzene rings is 1. The summed E-state index contributed by atoms with van der Waals surface area (Å²) in [6.45, 7) is 1.84. The minimum absolute atomic E-state index is 0.0364. The zero-order valence-electron chi connectivity index (χ0n) is 7.90. The Morgan fingerprint density at radius 1 is 1.50 bits per heavy atom. The molecule has 14 heavy (non-hydrogen) atoms. The molecular weight excluding hydrogens is 178 g/mol. The molecule has 1 N–H and O–H groups in total. The van der Waals surface area contributed by atoms with E-state index in [-0.39, 0.29) is 11.5 Å². The Labute approximate surface area is 82.6 Å². The molecule has 0 saturated heterocycles. The summed E-state index contributed by atoms with van der Waals surface area (Å²) in [6, 6.07) is 8.74. The highest BCUT2D eigenvalue weighted by atomic mass is 16.4. The number of hydrogen-bond donors (Lipinski definition) is 1. The summed E-state index contributed by atoms with van der Waals surface area (Å²) in [5.41, 5.74) is 1.27. The minimum Gasteiger partial charge on any atom is -0.478 e. The molecule has 0 aliphatic carbocycles. The second-order valence-electron chi connectivity index (χ2n) is 3.24. The number of carboxylic acids is 1. The molecule has 0 bridgehead atoms. The van der Waals surface area contributed by atoms with Crippen molar-refractivity contribution in [3.05, 3.63) is 35.4 Å². The van der Waals surface area contributed by atoms with E-state index in [2.05, 4.69) is 6.07 Å². The maximum Gasteiger partial charge on any atom is 0.335 e. The van der Waals surface area contributed by atoms with Gasteiger partial charge in [0.2, 0.25) is 0 Å². The maximum absolute atomic E-state index is 10.5. The molecule has 0 unspecified atom stereocenters. The van der Waals surface area contributed by atoms with Gasteiger partial charge in [0.05, 0.1) is 11.6 Å². The number of nitrogens with zero attached hydrogens (tertiary/aromatic N) is 1. The van der Waals surface area contributed by atoms with E-state index in [0.29, 0.717) is 6.42 Å². The van der Waals surface area contributed by atoms with Crippen molar-refractivity contribution in [1.82, 2.24) is 0 Å². The molecule has 3 nitrogen and oxygen atoms in total. The second-order valence-corrected chi connectivity index (χ2v) is 3.24. The zero-order valence-corrected chi connectivity index (χ0v) is 7.90. The van der Waals surface area contributed by atoms with Gasteiger partial charge in [-0.1, -0.05) is 12.1 Å². The lowest BCUT2D eigenvalue weighted by Crippen LogP contribution is -1.99. The topological polar surface area (TPSA) is 61.1 Å². The van der Waals surface area contributed by atoms with Crippen LogP contribution in [-0.2, 0) is 6.42 Å². The first-order valence-corrected chi connectivity index (χ1v) is 4.35. The molecule has 3 heteroatoms. The van der Waals surface area contributed by atoms with Crippen LogP contribution in [0.15, 0.2) is 24.3 Å². The summed E-state index contributed by atoms with van der Waals surface area (Å²) in [7, 11) is 0. The summed E-state index contributed by atoms with van der Waals surface area (Å²) in [4.78, 5) is 10.5. The van der Waals surface area contributed by atoms with Crippen LogP contribution in [0.1, 0.15) is 22.8 Å². The molecule has 0 radical (unpaired) electrons. The van der Waals surface area contributed by atoms with Crippen LogP contribution in [0.3, 0.4) is 0 Å². The van der Waals surface area contributed by atoms with Crippen LogP contribution in [0.2, 0.25) is 0 Å². The lowest BCUT2D eigenvalue weighted by atomic mass is 10.0. The molecule has 72 valence electrons. The summed E-state index contributed by atoms with van der Waals surface area (Å²) < 4.78 is 0. The summed E-state index contributed by atoms with van der Waals surface area (Å²) >= 11 is 0. The fourth-order valence-electron chi connectivity index (χ4n) is 1.18. The monoisotopic (exact) mass is 189 g/mol. The Morgan fingerprint density at radius 2 is 2.07 bits per heavy atom. The van der Waals surface area contributed by atoms with Gasteiger partial charge >= 0.3 is 5.97 Å². The number of rotatable bonds is 3. The summed E-state index contributed by atoms with van der Waals surface area (Å²) in [6.07, 6.45) is 0.663. The van der Waals surface area contributed by atoms with Crippen LogP contribution < -0.4 is 0 Å². The Morgan fingerprint density at radius 3 is 2.50 bits per heavy atom. The van der Waals surface area contributed by atoms with Gasteiger partial charge in [0.25, 0.3) is 0 Å². The van der Waals surface area contributed by atoms with Gasteiger partial charge in [0.1, 0.15) is 0 Å². The average molecular weight is 189 g/mol. The zero-order chi connectivity index (χ0) is 10.6. The molecular formula is C11H11NO2. The highest BCUT2D eigenvalue weighted by Gasteiger charge is 2.04. The quantitative estimate of drug-likeness (QED) is 0.791. The Bertz CT molecular complexity index is 362. The molecule has 1 aromatic rings. The third kappa shape index (κ3) is 2.60. The molecule has 0 saturated carbocycles. The molecule has 1 rings (SSSR count). The molecule has 0 aliphatic rings. The molecule has 1 aromatic carbocycles. The molecule has 1 atom stereocenters. The lowest BCUT2D eigenvalue weighted by molar-refractivity contribution is 0.0697. The van der Waals surface area contributed by atoms with Gasteiger partial charge in [-0.25, -0.2) is 4.79 Å². The highest BCUT2D eigenvalue weighted by molar-refractivity contribution is 5.87. The SMILES string of the molecule is C[C@H](C#N)Cc1ccc(C(=O)O)cc1. The van der Waals surface area contributed by atoms with Crippen molar-refractivity contribution in [2.75, 3.05) is 0 Å². The third-order valence-electron chi connectivity index (χ3n) is 1.96. The van der Waals surface area contributed by atoms with Crippen molar-refractivity contribution in [2.24, 2.45) is 5.92 Å². The standard InChI is InChI=1S/C11H11NO2/c1-8(7-12)6-9-2-4-10(5-3-9)11(13)14/h2-5,8H,6H2,1H3,(H,13,14)/t8-/m0/s1. The van der Waals surface area contributed by atoms with Crippen molar-refractivity contribution in [3.8, 4) is 6.07 Å².